The summed E-state index contributed by atoms with van der Waals surface area (Å²) < 4.78 is 11.1. The smallest absolute Gasteiger partial charge is 0.233 e. The van der Waals surface area contributed by atoms with Crippen molar-refractivity contribution in [1.82, 2.24) is 9.88 Å². The monoisotopic (exact) mass is 346 g/mol. The van der Waals surface area contributed by atoms with E-state index in [2.05, 4.69) is 4.98 Å². The fourth-order valence-corrected chi connectivity index (χ4v) is 3.96. The first-order valence-electron chi connectivity index (χ1n) is 8.06. The number of morpholine rings is 1. The molecule has 1 amide bonds. The normalized spacial score (nSPS) is 21.0. The number of pyridine rings is 1. The second-order valence-electron chi connectivity index (χ2n) is 6.02. The number of methoxy groups -OCH3 is 1. The Hall–Kier alpha value is -1.79. The van der Waals surface area contributed by atoms with Crippen molar-refractivity contribution in [2.24, 2.45) is 0 Å². The van der Waals surface area contributed by atoms with Gasteiger partial charge < -0.3 is 14.4 Å². The molecule has 1 saturated heterocycles. The zero-order valence-electron chi connectivity index (χ0n) is 14.2. The fraction of sp³-hybridized carbons (Fsp3) is 0.444. The second kappa shape index (κ2) is 7.40. The third-order valence-electron chi connectivity index (χ3n) is 4.05. The maximum Gasteiger partial charge on any atom is 0.233 e. The first kappa shape index (κ1) is 17.0. The molecule has 1 aliphatic heterocycles. The molecule has 0 saturated carbocycles. The van der Waals surface area contributed by atoms with Crippen LogP contribution >= 0.6 is 11.8 Å². The summed E-state index contributed by atoms with van der Waals surface area (Å²) in [5.74, 6) is 1.32. The number of fused-ring (bicyclic) bond motifs is 1. The molecule has 24 heavy (non-hydrogen) atoms. The van der Waals surface area contributed by atoms with E-state index in [1.165, 1.54) is 11.8 Å². The van der Waals surface area contributed by atoms with E-state index in [-0.39, 0.29) is 18.1 Å². The summed E-state index contributed by atoms with van der Waals surface area (Å²) in [4.78, 5) is 18.8. The predicted octanol–water partition coefficient (Wildman–Crippen LogP) is 2.97. The fourth-order valence-electron chi connectivity index (χ4n) is 3.05. The van der Waals surface area contributed by atoms with E-state index < -0.39 is 0 Å². The third kappa shape index (κ3) is 3.65. The lowest BCUT2D eigenvalue weighted by atomic mass is 10.1. The summed E-state index contributed by atoms with van der Waals surface area (Å²) >= 11 is 1.47. The Morgan fingerprint density at radius 1 is 1.29 bits per heavy atom. The first-order valence-corrected chi connectivity index (χ1v) is 9.04. The van der Waals surface area contributed by atoms with Gasteiger partial charge in [-0.3, -0.25) is 4.79 Å². The van der Waals surface area contributed by atoms with Crippen molar-refractivity contribution in [3.63, 3.8) is 0 Å². The van der Waals surface area contributed by atoms with Crippen molar-refractivity contribution < 1.29 is 14.3 Å². The first-order chi connectivity index (χ1) is 11.6. The van der Waals surface area contributed by atoms with Crippen molar-refractivity contribution in [1.29, 1.82) is 0 Å². The lowest BCUT2D eigenvalue weighted by Crippen LogP contribution is -2.48. The van der Waals surface area contributed by atoms with Crippen LogP contribution in [0.5, 0.6) is 5.75 Å². The van der Waals surface area contributed by atoms with Crippen molar-refractivity contribution in [2.45, 2.75) is 31.1 Å². The number of amides is 1. The Kier molecular flexibility index (Phi) is 5.26. The average Bonchev–Trinajstić information content (AvgIpc) is 2.58. The zero-order valence-corrected chi connectivity index (χ0v) is 15.0. The van der Waals surface area contributed by atoms with Crippen LogP contribution in [0.25, 0.3) is 10.8 Å². The van der Waals surface area contributed by atoms with Crippen LogP contribution in [0.1, 0.15) is 13.8 Å². The molecule has 2 unspecified atom stereocenters. The predicted molar refractivity (Wildman–Crippen MR) is 95.6 cm³/mol. The Morgan fingerprint density at radius 3 is 2.75 bits per heavy atom. The van der Waals surface area contributed by atoms with Gasteiger partial charge in [0.2, 0.25) is 5.91 Å². The minimum Gasteiger partial charge on any atom is -0.496 e. The molecule has 2 atom stereocenters. The van der Waals surface area contributed by atoms with Gasteiger partial charge in [0, 0.05) is 30.1 Å². The van der Waals surface area contributed by atoms with Crippen LogP contribution in [0.3, 0.4) is 0 Å². The van der Waals surface area contributed by atoms with Crippen molar-refractivity contribution in [3.05, 3.63) is 30.5 Å². The van der Waals surface area contributed by atoms with E-state index in [0.717, 1.165) is 21.5 Å². The van der Waals surface area contributed by atoms with Crippen molar-refractivity contribution >= 4 is 28.4 Å². The van der Waals surface area contributed by atoms with E-state index in [4.69, 9.17) is 9.47 Å². The Morgan fingerprint density at radius 2 is 2.04 bits per heavy atom. The summed E-state index contributed by atoms with van der Waals surface area (Å²) in [5, 5.41) is 2.88. The molecule has 1 aromatic carbocycles. The van der Waals surface area contributed by atoms with Crippen LogP contribution in [0.15, 0.2) is 35.5 Å². The molecule has 0 spiro atoms. The number of carbonyl (C=O) groups is 1. The number of ether oxygens (including phenoxy) is 2. The van der Waals surface area contributed by atoms with E-state index in [9.17, 15) is 4.79 Å². The molecule has 0 aliphatic carbocycles. The molecule has 1 aromatic heterocycles. The van der Waals surface area contributed by atoms with Crippen LogP contribution in [-0.2, 0) is 9.53 Å². The maximum atomic E-state index is 12.5. The molecule has 2 heterocycles. The molecule has 0 radical (unpaired) electrons. The third-order valence-corrected chi connectivity index (χ3v) is 5.04. The molecule has 1 fully saturated rings. The van der Waals surface area contributed by atoms with Gasteiger partial charge in [-0.2, -0.15) is 0 Å². The summed E-state index contributed by atoms with van der Waals surface area (Å²) in [7, 11) is 1.66. The Bertz CT molecular complexity index is 727. The van der Waals surface area contributed by atoms with Gasteiger partial charge in [0.25, 0.3) is 0 Å². The molecule has 0 bridgehead atoms. The maximum absolute atomic E-state index is 12.5. The average molecular weight is 346 g/mol. The Labute approximate surface area is 146 Å². The summed E-state index contributed by atoms with van der Waals surface area (Å²) in [6.07, 6.45) is 1.93. The molecular weight excluding hydrogens is 324 g/mol. The number of carbonyl (C=O) groups excluding carboxylic acids is 1. The van der Waals surface area contributed by atoms with Crippen LogP contribution in [0, 0.1) is 0 Å². The summed E-state index contributed by atoms with van der Waals surface area (Å²) in [6.45, 7) is 5.31. The molecule has 3 rings (SSSR count). The minimum absolute atomic E-state index is 0.0858. The number of thioether (sulfide) groups is 1. The van der Waals surface area contributed by atoms with Crippen molar-refractivity contribution in [3.8, 4) is 5.75 Å². The molecule has 5 nitrogen and oxygen atoms in total. The van der Waals surface area contributed by atoms with Gasteiger partial charge in [-0.15, -0.1) is 0 Å². The summed E-state index contributed by atoms with van der Waals surface area (Å²) in [5.41, 5.74) is 0. The topological polar surface area (TPSA) is 51.7 Å². The zero-order chi connectivity index (χ0) is 17.1. The highest BCUT2D eigenvalue weighted by Crippen LogP contribution is 2.31. The van der Waals surface area contributed by atoms with Gasteiger partial charge in [-0.05, 0) is 26.0 Å². The van der Waals surface area contributed by atoms with E-state index in [1.54, 1.807) is 13.3 Å². The SMILES string of the molecule is COc1cccc2c(SCC(=O)N3CC(C)OC(C)C3)nccc12. The number of aromatic nitrogens is 1. The molecule has 128 valence electrons. The highest BCUT2D eigenvalue weighted by atomic mass is 32.2. The molecule has 6 heteroatoms. The number of benzene rings is 1. The second-order valence-corrected chi connectivity index (χ2v) is 6.98. The molecular formula is C18H22N2O3S. The standard InChI is InChI=1S/C18H22N2O3S/c1-12-9-20(10-13(2)23-12)17(21)11-24-18-15-5-4-6-16(22-3)14(15)7-8-19-18/h4-8,12-13H,9-11H2,1-3H3. The van der Waals surface area contributed by atoms with E-state index >= 15 is 0 Å². The lowest BCUT2D eigenvalue weighted by Gasteiger charge is -2.35. The minimum atomic E-state index is 0.0858. The molecule has 2 aromatic rings. The Balaban J connectivity index is 1.73. The van der Waals surface area contributed by atoms with Crippen LogP contribution in [-0.4, -0.2) is 54.0 Å². The van der Waals surface area contributed by atoms with Crippen molar-refractivity contribution in [2.75, 3.05) is 26.0 Å². The van der Waals surface area contributed by atoms with Gasteiger partial charge >= 0.3 is 0 Å². The number of nitrogens with zero attached hydrogens (tertiary/aromatic N) is 2. The highest BCUT2D eigenvalue weighted by Gasteiger charge is 2.25. The quantitative estimate of drug-likeness (QED) is 0.797. The summed E-state index contributed by atoms with van der Waals surface area (Å²) in [6, 6.07) is 7.82. The highest BCUT2D eigenvalue weighted by molar-refractivity contribution is 8.00. The lowest BCUT2D eigenvalue weighted by molar-refractivity contribution is -0.140. The van der Waals surface area contributed by atoms with Crippen LogP contribution in [0.2, 0.25) is 0 Å². The number of hydrogen-bond acceptors (Lipinski definition) is 5. The van der Waals surface area contributed by atoms with Gasteiger partial charge in [0.1, 0.15) is 10.8 Å². The van der Waals surface area contributed by atoms with E-state index in [0.29, 0.717) is 18.8 Å². The number of hydrogen-bond donors (Lipinski definition) is 0. The van der Waals surface area contributed by atoms with Gasteiger partial charge in [0.15, 0.2) is 0 Å². The van der Waals surface area contributed by atoms with Crippen LogP contribution in [0.4, 0.5) is 0 Å². The van der Waals surface area contributed by atoms with E-state index in [1.807, 2.05) is 43.0 Å². The van der Waals surface area contributed by atoms with Gasteiger partial charge in [-0.1, -0.05) is 23.9 Å². The van der Waals surface area contributed by atoms with Gasteiger partial charge in [-0.25, -0.2) is 4.98 Å². The van der Waals surface area contributed by atoms with Gasteiger partial charge in [0.05, 0.1) is 25.1 Å². The number of rotatable bonds is 4. The molecule has 0 N–H and O–H groups in total. The molecule has 1 aliphatic rings. The largest absolute Gasteiger partial charge is 0.496 e. The van der Waals surface area contributed by atoms with Crippen LogP contribution < -0.4 is 4.74 Å².